The van der Waals surface area contributed by atoms with Crippen LogP contribution in [-0.4, -0.2) is 37.7 Å². The van der Waals surface area contributed by atoms with Crippen LogP contribution in [0.15, 0.2) is 6.20 Å². The highest BCUT2D eigenvalue weighted by atomic mass is 35.5. The molecule has 2 aromatic heterocycles. The minimum atomic E-state index is 0.374. The number of likely N-dealkylation sites (tertiary alicyclic amines) is 1. The van der Waals surface area contributed by atoms with Crippen molar-refractivity contribution in [1.29, 1.82) is 0 Å². The van der Waals surface area contributed by atoms with Gasteiger partial charge in [-0.15, -0.1) is 0 Å². The zero-order valence-electron chi connectivity index (χ0n) is 12.2. The summed E-state index contributed by atoms with van der Waals surface area (Å²) in [5, 5.41) is 5.50. The van der Waals surface area contributed by atoms with E-state index in [1.807, 2.05) is 7.05 Å². The molecule has 0 aliphatic carbocycles. The van der Waals surface area contributed by atoms with Crippen molar-refractivity contribution in [2.45, 2.75) is 33.2 Å². The summed E-state index contributed by atoms with van der Waals surface area (Å²) in [6.07, 6.45) is 4.23. The van der Waals surface area contributed by atoms with Gasteiger partial charge < -0.3 is 0 Å². The van der Waals surface area contributed by atoms with Crippen LogP contribution in [0.2, 0.25) is 5.15 Å². The van der Waals surface area contributed by atoms with Crippen LogP contribution in [0.3, 0.4) is 0 Å². The van der Waals surface area contributed by atoms with E-state index in [1.54, 1.807) is 10.9 Å². The van der Waals surface area contributed by atoms with Crippen molar-refractivity contribution in [3.63, 3.8) is 0 Å². The van der Waals surface area contributed by atoms with Crippen LogP contribution in [0.25, 0.3) is 11.0 Å². The highest BCUT2D eigenvalue weighted by Crippen LogP contribution is 2.29. The third-order valence-corrected chi connectivity index (χ3v) is 4.22. The molecule has 1 aliphatic heterocycles. The number of aryl methyl sites for hydroxylation is 1. The van der Waals surface area contributed by atoms with E-state index < -0.39 is 0 Å². The fraction of sp³-hybridized carbons (Fsp3) is 0.643. The summed E-state index contributed by atoms with van der Waals surface area (Å²) in [4.78, 5) is 11.4. The summed E-state index contributed by atoms with van der Waals surface area (Å²) in [5.41, 5.74) is 1.18. The SMILES string of the molecule is Cn1ncc2c(Cl)nc(CN3CCCC(C)(C)C3)nc21. The van der Waals surface area contributed by atoms with E-state index in [4.69, 9.17) is 11.6 Å². The van der Waals surface area contributed by atoms with E-state index in [0.717, 1.165) is 36.5 Å². The Bertz CT molecular complexity index is 634. The molecular weight excluding hydrogens is 274 g/mol. The van der Waals surface area contributed by atoms with Crippen LogP contribution < -0.4 is 0 Å². The normalized spacial score (nSPS) is 19.6. The molecular formula is C14H20ClN5. The Hall–Kier alpha value is -1.20. The molecule has 6 heteroatoms. The zero-order chi connectivity index (χ0) is 14.3. The molecule has 0 atom stereocenters. The number of piperidine rings is 1. The maximum absolute atomic E-state index is 6.23. The zero-order valence-corrected chi connectivity index (χ0v) is 13.0. The average molecular weight is 294 g/mol. The van der Waals surface area contributed by atoms with Gasteiger partial charge in [0.15, 0.2) is 5.65 Å². The Kier molecular flexibility index (Phi) is 3.42. The van der Waals surface area contributed by atoms with E-state index in [0.29, 0.717) is 10.6 Å². The number of halogens is 1. The van der Waals surface area contributed by atoms with Crippen molar-refractivity contribution >= 4 is 22.6 Å². The third kappa shape index (κ3) is 2.65. The minimum absolute atomic E-state index is 0.374. The molecule has 0 N–H and O–H groups in total. The molecule has 0 amide bonds. The lowest BCUT2D eigenvalue weighted by Gasteiger charge is -2.37. The molecule has 2 aromatic rings. The molecule has 1 saturated heterocycles. The average Bonchev–Trinajstić information content (AvgIpc) is 2.70. The third-order valence-electron chi connectivity index (χ3n) is 3.94. The number of hydrogen-bond donors (Lipinski definition) is 0. The summed E-state index contributed by atoms with van der Waals surface area (Å²) >= 11 is 6.23. The summed E-state index contributed by atoms with van der Waals surface area (Å²) < 4.78 is 1.74. The summed E-state index contributed by atoms with van der Waals surface area (Å²) in [7, 11) is 1.87. The van der Waals surface area contributed by atoms with Crippen molar-refractivity contribution in [2.75, 3.05) is 13.1 Å². The Morgan fingerprint density at radius 1 is 1.35 bits per heavy atom. The van der Waals surface area contributed by atoms with E-state index in [9.17, 15) is 0 Å². The van der Waals surface area contributed by atoms with Crippen LogP contribution in [0, 0.1) is 5.41 Å². The first-order valence-electron chi connectivity index (χ1n) is 7.01. The maximum Gasteiger partial charge on any atom is 0.162 e. The quantitative estimate of drug-likeness (QED) is 0.799. The van der Waals surface area contributed by atoms with Gasteiger partial charge in [0.05, 0.1) is 18.1 Å². The fourth-order valence-corrected chi connectivity index (χ4v) is 3.21. The number of aromatic nitrogens is 4. The van der Waals surface area contributed by atoms with Crippen LogP contribution in [0.5, 0.6) is 0 Å². The lowest BCUT2D eigenvalue weighted by atomic mass is 9.84. The van der Waals surface area contributed by atoms with Gasteiger partial charge in [0.1, 0.15) is 11.0 Å². The molecule has 20 heavy (non-hydrogen) atoms. The maximum atomic E-state index is 6.23. The Morgan fingerprint density at radius 2 is 2.15 bits per heavy atom. The van der Waals surface area contributed by atoms with Gasteiger partial charge in [-0.2, -0.15) is 5.10 Å². The summed E-state index contributed by atoms with van der Waals surface area (Å²) in [5.74, 6) is 0.781. The molecule has 1 aliphatic rings. The summed E-state index contributed by atoms with van der Waals surface area (Å²) in [6.45, 7) is 7.57. The van der Waals surface area contributed by atoms with Crippen molar-refractivity contribution in [2.24, 2.45) is 12.5 Å². The van der Waals surface area contributed by atoms with Gasteiger partial charge in [-0.05, 0) is 24.8 Å². The largest absolute Gasteiger partial charge is 0.295 e. The highest BCUT2D eigenvalue weighted by Gasteiger charge is 2.26. The molecule has 0 saturated carbocycles. The second-order valence-electron chi connectivity index (χ2n) is 6.41. The van der Waals surface area contributed by atoms with Gasteiger partial charge in [0, 0.05) is 13.6 Å². The van der Waals surface area contributed by atoms with Gasteiger partial charge in [-0.1, -0.05) is 25.4 Å². The van der Waals surface area contributed by atoms with Crippen LogP contribution in [0.4, 0.5) is 0 Å². The molecule has 0 spiro atoms. The Morgan fingerprint density at radius 3 is 2.90 bits per heavy atom. The van der Waals surface area contributed by atoms with Crippen molar-refractivity contribution in [3.05, 3.63) is 17.2 Å². The van der Waals surface area contributed by atoms with E-state index >= 15 is 0 Å². The predicted molar refractivity (Wildman–Crippen MR) is 79.6 cm³/mol. The second-order valence-corrected chi connectivity index (χ2v) is 6.77. The number of rotatable bonds is 2. The first-order chi connectivity index (χ1) is 9.44. The summed E-state index contributed by atoms with van der Waals surface area (Å²) in [6, 6.07) is 0. The van der Waals surface area contributed by atoms with Crippen LogP contribution in [-0.2, 0) is 13.6 Å². The lowest BCUT2D eigenvalue weighted by Crippen LogP contribution is -2.39. The van der Waals surface area contributed by atoms with Gasteiger partial charge in [-0.3, -0.25) is 9.58 Å². The number of nitrogens with zero attached hydrogens (tertiary/aromatic N) is 5. The topological polar surface area (TPSA) is 46.8 Å². The van der Waals surface area contributed by atoms with E-state index in [-0.39, 0.29) is 0 Å². The molecule has 0 radical (unpaired) electrons. The van der Waals surface area contributed by atoms with E-state index in [2.05, 4.69) is 33.8 Å². The van der Waals surface area contributed by atoms with Gasteiger partial charge in [0.2, 0.25) is 0 Å². The van der Waals surface area contributed by atoms with Gasteiger partial charge >= 0.3 is 0 Å². The lowest BCUT2D eigenvalue weighted by molar-refractivity contribution is 0.109. The molecule has 3 rings (SSSR count). The first kappa shape index (κ1) is 13.8. The molecule has 0 unspecified atom stereocenters. The van der Waals surface area contributed by atoms with Gasteiger partial charge in [-0.25, -0.2) is 9.97 Å². The minimum Gasteiger partial charge on any atom is -0.295 e. The first-order valence-corrected chi connectivity index (χ1v) is 7.39. The number of hydrogen-bond acceptors (Lipinski definition) is 4. The van der Waals surface area contributed by atoms with Crippen LogP contribution >= 0.6 is 11.6 Å². The van der Waals surface area contributed by atoms with Crippen molar-refractivity contribution < 1.29 is 0 Å². The Balaban J connectivity index is 1.85. The molecule has 0 bridgehead atoms. The Labute approximate surface area is 124 Å². The van der Waals surface area contributed by atoms with Gasteiger partial charge in [0.25, 0.3) is 0 Å². The van der Waals surface area contributed by atoms with E-state index in [1.165, 1.54) is 12.8 Å². The molecule has 3 heterocycles. The highest BCUT2D eigenvalue weighted by molar-refractivity contribution is 6.33. The number of fused-ring (bicyclic) bond motifs is 1. The standard InChI is InChI=1S/C14H20ClN5/c1-14(2)5-4-6-20(9-14)8-11-17-12(15)10-7-16-19(3)13(10)18-11/h7H,4-6,8-9H2,1-3H3. The molecule has 0 aromatic carbocycles. The molecule has 1 fully saturated rings. The van der Waals surface area contributed by atoms with Crippen molar-refractivity contribution in [1.82, 2.24) is 24.6 Å². The molecule has 5 nitrogen and oxygen atoms in total. The smallest absolute Gasteiger partial charge is 0.162 e. The predicted octanol–water partition coefficient (Wildman–Crippen LogP) is 2.64. The van der Waals surface area contributed by atoms with Crippen molar-refractivity contribution in [3.8, 4) is 0 Å². The monoisotopic (exact) mass is 293 g/mol. The second kappa shape index (κ2) is 4.97. The fourth-order valence-electron chi connectivity index (χ4n) is 2.98. The molecule has 108 valence electrons. The van der Waals surface area contributed by atoms with Crippen LogP contribution in [0.1, 0.15) is 32.5 Å².